The van der Waals surface area contributed by atoms with Crippen LogP contribution in [0.15, 0.2) is 30.3 Å². The summed E-state index contributed by atoms with van der Waals surface area (Å²) in [6, 6.07) is 9.04. The summed E-state index contributed by atoms with van der Waals surface area (Å²) < 4.78 is 5.42. The smallest absolute Gasteiger partial charge is 0.197 e. The molecule has 0 saturated carbocycles. The Morgan fingerprint density at radius 3 is 2.25 bits per heavy atom. The Morgan fingerprint density at radius 1 is 1.00 bits per heavy atom. The van der Waals surface area contributed by atoms with E-state index in [1.54, 1.807) is 25.3 Å². The van der Waals surface area contributed by atoms with E-state index >= 15 is 0 Å². The third kappa shape index (κ3) is 2.56. The van der Waals surface area contributed by atoms with Crippen molar-refractivity contribution in [3.8, 4) is 5.75 Å². The average Bonchev–Trinajstić information content (AvgIpc) is 2.41. The molecule has 2 nitrogen and oxygen atoms in total. The molecule has 0 atom stereocenters. The molecule has 2 aromatic rings. The molecule has 2 rings (SSSR count). The zero-order valence-corrected chi connectivity index (χ0v) is 12.8. The molecule has 2 aromatic carbocycles. The molecule has 104 valence electrons. The molecule has 0 saturated heterocycles. The number of methoxy groups -OCH3 is 1. The molecule has 3 heteroatoms. The van der Waals surface area contributed by atoms with E-state index in [9.17, 15) is 4.79 Å². The van der Waals surface area contributed by atoms with E-state index in [2.05, 4.69) is 0 Å². The van der Waals surface area contributed by atoms with Crippen LogP contribution >= 0.6 is 11.6 Å². The number of halogens is 1. The highest BCUT2D eigenvalue weighted by molar-refractivity contribution is 6.30. The monoisotopic (exact) mass is 288 g/mol. The third-order valence-corrected chi connectivity index (χ3v) is 3.79. The summed E-state index contributed by atoms with van der Waals surface area (Å²) in [6.07, 6.45) is 0. The van der Waals surface area contributed by atoms with E-state index in [0.717, 1.165) is 16.7 Å². The maximum Gasteiger partial charge on any atom is 0.197 e. The maximum atomic E-state index is 12.7. The van der Waals surface area contributed by atoms with Gasteiger partial charge in [0.15, 0.2) is 5.78 Å². The fraction of sp³-hybridized carbons (Fsp3) is 0.235. The van der Waals surface area contributed by atoms with Gasteiger partial charge >= 0.3 is 0 Å². The van der Waals surface area contributed by atoms with Crippen molar-refractivity contribution in [1.82, 2.24) is 0 Å². The number of rotatable bonds is 3. The molecule has 0 bridgehead atoms. The molecule has 0 aliphatic carbocycles. The quantitative estimate of drug-likeness (QED) is 0.777. The second-order valence-corrected chi connectivity index (χ2v) is 5.31. The minimum atomic E-state index is -0.0425. The van der Waals surface area contributed by atoms with Crippen LogP contribution in [0.1, 0.15) is 32.6 Å². The van der Waals surface area contributed by atoms with E-state index in [1.807, 2.05) is 32.9 Å². The van der Waals surface area contributed by atoms with Crippen LogP contribution in [0.5, 0.6) is 5.75 Å². The maximum absolute atomic E-state index is 12.7. The van der Waals surface area contributed by atoms with Gasteiger partial charge in [0.1, 0.15) is 5.75 Å². The third-order valence-electron chi connectivity index (χ3n) is 3.56. The van der Waals surface area contributed by atoms with Gasteiger partial charge in [0, 0.05) is 10.6 Å². The molecule has 0 amide bonds. The van der Waals surface area contributed by atoms with Crippen LogP contribution in [0.25, 0.3) is 0 Å². The van der Waals surface area contributed by atoms with Crippen LogP contribution in [-0.4, -0.2) is 12.9 Å². The van der Waals surface area contributed by atoms with Gasteiger partial charge < -0.3 is 4.74 Å². The number of carbonyl (C=O) groups excluding carboxylic acids is 1. The van der Waals surface area contributed by atoms with E-state index < -0.39 is 0 Å². The summed E-state index contributed by atoms with van der Waals surface area (Å²) in [5, 5.41) is 0.631. The number of carbonyl (C=O) groups is 1. The van der Waals surface area contributed by atoms with Crippen LogP contribution in [0.2, 0.25) is 5.02 Å². The van der Waals surface area contributed by atoms with Crippen molar-refractivity contribution in [2.24, 2.45) is 0 Å². The molecule has 0 aromatic heterocycles. The largest absolute Gasteiger partial charge is 0.496 e. The van der Waals surface area contributed by atoms with Crippen LogP contribution in [0.3, 0.4) is 0 Å². The van der Waals surface area contributed by atoms with Gasteiger partial charge in [-0.05, 0) is 61.7 Å². The van der Waals surface area contributed by atoms with Crippen molar-refractivity contribution in [3.63, 3.8) is 0 Å². The van der Waals surface area contributed by atoms with E-state index in [0.29, 0.717) is 21.9 Å². The van der Waals surface area contributed by atoms with Crippen LogP contribution in [-0.2, 0) is 0 Å². The van der Waals surface area contributed by atoms with Gasteiger partial charge in [-0.1, -0.05) is 17.7 Å². The van der Waals surface area contributed by atoms with Gasteiger partial charge in [-0.25, -0.2) is 0 Å². The predicted octanol–water partition coefficient (Wildman–Crippen LogP) is 4.50. The van der Waals surface area contributed by atoms with E-state index in [4.69, 9.17) is 16.3 Å². The molecular formula is C17H17ClO2. The van der Waals surface area contributed by atoms with E-state index in [1.165, 1.54) is 0 Å². The summed E-state index contributed by atoms with van der Waals surface area (Å²) >= 11 is 5.94. The minimum absolute atomic E-state index is 0.0425. The van der Waals surface area contributed by atoms with Crippen molar-refractivity contribution < 1.29 is 9.53 Å². The van der Waals surface area contributed by atoms with Gasteiger partial charge in [-0.2, -0.15) is 0 Å². The fourth-order valence-electron chi connectivity index (χ4n) is 2.26. The molecule has 0 spiro atoms. The Morgan fingerprint density at radius 2 is 1.65 bits per heavy atom. The van der Waals surface area contributed by atoms with Crippen LogP contribution in [0.4, 0.5) is 0 Å². The highest BCUT2D eigenvalue weighted by Crippen LogP contribution is 2.29. The number of hydrogen-bond acceptors (Lipinski definition) is 2. The Balaban J connectivity index is 2.56. The molecule has 0 aliphatic heterocycles. The lowest BCUT2D eigenvalue weighted by Gasteiger charge is -2.13. The topological polar surface area (TPSA) is 26.3 Å². The van der Waals surface area contributed by atoms with Gasteiger partial charge in [0.2, 0.25) is 0 Å². The zero-order valence-electron chi connectivity index (χ0n) is 12.1. The number of ketones is 1. The second kappa shape index (κ2) is 5.68. The first-order valence-electron chi connectivity index (χ1n) is 6.40. The first kappa shape index (κ1) is 14.6. The fourth-order valence-corrected chi connectivity index (χ4v) is 2.49. The highest BCUT2D eigenvalue weighted by Gasteiger charge is 2.18. The first-order valence-corrected chi connectivity index (χ1v) is 6.78. The molecular weight excluding hydrogens is 272 g/mol. The predicted molar refractivity (Wildman–Crippen MR) is 82.1 cm³/mol. The van der Waals surface area contributed by atoms with Gasteiger partial charge in [0.25, 0.3) is 0 Å². The minimum Gasteiger partial charge on any atom is -0.496 e. The van der Waals surface area contributed by atoms with Crippen molar-refractivity contribution >= 4 is 17.4 Å². The number of hydrogen-bond donors (Lipinski definition) is 0. The standard InChI is InChI=1S/C17H17ClO2/c1-10-5-7-15(17(20-4)12(10)3)16(19)14-8-6-13(18)9-11(14)2/h5-9H,1-4H3. The summed E-state index contributed by atoms with van der Waals surface area (Å²) in [6.45, 7) is 5.84. The molecule has 0 fully saturated rings. The van der Waals surface area contributed by atoms with Gasteiger partial charge in [-0.15, -0.1) is 0 Å². The second-order valence-electron chi connectivity index (χ2n) is 4.88. The molecule has 0 N–H and O–H groups in total. The lowest BCUT2D eigenvalue weighted by atomic mass is 9.95. The average molecular weight is 289 g/mol. The Kier molecular flexibility index (Phi) is 4.15. The van der Waals surface area contributed by atoms with E-state index in [-0.39, 0.29) is 5.78 Å². The molecule has 0 heterocycles. The molecule has 0 unspecified atom stereocenters. The zero-order chi connectivity index (χ0) is 14.9. The number of benzene rings is 2. The molecule has 20 heavy (non-hydrogen) atoms. The SMILES string of the molecule is COc1c(C(=O)c2ccc(Cl)cc2C)ccc(C)c1C. The van der Waals surface area contributed by atoms with Crippen molar-refractivity contribution in [2.45, 2.75) is 20.8 Å². The summed E-state index contributed by atoms with van der Waals surface area (Å²) in [5.41, 5.74) is 4.19. The summed E-state index contributed by atoms with van der Waals surface area (Å²) in [7, 11) is 1.59. The normalized spacial score (nSPS) is 10.4. The Bertz CT molecular complexity index is 675. The van der Waals surface area contributed by atoms with Gasteiger partial charge in [0.05, 0.1) is 12.7 Å². The lowest BCUT2D eigenvalue weighted by Crippen LogP contribution is -2.07. The number of ether oxygens (including phenoxy) is 1. The van der Waals surface area contributed by atoms with Crippen LogP contribution < -0.4 is 4.74 Å². The van der Waals surface area contributed by atoms with Crippen molar-refractivity contribution in [3.05, 3.63) is 63.2 Å². The molecule has 0 radical (unpaired) electrons. The van der Waals surface area contributed by atoms with Crippen molar-refractivity contribution in [1.29, 1.82) is 0 Å². The van der Waals surface area contributed by atoms with Gasteiger partial charge in [-0.3, -0.25) is 4.79 Å². The highest BCUT2D eigenvalue weighted by atomic mass is 35.5. The van der Waals surface area contributed by atoms with Crippen molar-refractivity contribution in [2.75, 3.05) is 7.11 Å². The Hall–Kier alpha value is -1.80. The lowest BCUT2D eigenvalue weighted by molar-refractivity contribution is 0.103. The summed E-state index contributed by atoms with van der Waals surface area (Å²) in [5.74, 6) is 0.600. The molecule has 0 aliphatic rings. The summed E-state index contributed by atoms with van der Waals surface area (Å²) in [4.78, 5) is 12.7. The van der Waals surface area contributed by atoms with Crippen LogP contribution in [0, 0.1) is 20.8 Å². The Labute approximate surface area is 124 Å². The first-order chi connectivity index (χ1) is 9.45. The number of aryl methyl sites for hydroxylation is 2.